The van der Waals surface area contributed by atoms with E-state index in [9.17, 15) is 34.6 Å². The Morgan fingerprint density at radius 3 is 1.81 bits per heavy atom. The maximum Gasteiger partial charge on any atom is 0.377 e. The number of nitrogens with one attached hydrogen (secondary N) is 1. The quantitative estimate of drug-likeness (QED) is 0.0188. The zero-order chi connectivity index (χ0) is 42.3. The predicted molar refractivity (Wildman–Crippen MR) is 217 cm³/mol. The number of fused-ring (bicyclic) bond motifs is 1. The van der Waals surface area contributed by atoms with E-state index in [1.165, 1.54) is 63.9 Å². The predicted octanol–water partition coefficient (Wildman–Crippen LogP) is 7.69. The van der Waals surface area contributed by atoms with Gasteiger partial charge in [-0.1, -0.05) is 129 Å². The van der Waals surface area contributed by atoms with Crippen LogP contribution in [0.15, 0.2) is 16.8 Å². The largest absolute Gasteiger partial charge is 0.606 e. The Morgan fingerprint density at radius 1 is 0.759 bits per heavy atom. The second kappa shape index (κ2) is 31.8. The van der Waals surface area contributed by atoms with Crippen molar-refractivity contribution in [2.75, 3.05) is 38.3 Å². The monoisotopic (exact) mass is 845 g/mol. The van der Waals surface area contributed by atoms with Crippen LogP contribution < -0.4 is 10.2 Å². The number of carbonyl (C=O) groups excluding carboxylic acids is 2. The number of carbonyl (C=O) groups is 2. The molecule has 2 rings (SSSR count). The number of phosphoric ester groups is 1. The maximum absolute atomic E-state index is 12.6. The molecule has 0 aliphatic rings. The van der Waals surface area contributed by atoms with Gasteiger partial charge in [0.2, 0.25) is 5.52 Å². The van der Waals surface area contributed by atoms with Gasteiger partial charge in [0.15, 0.2) is 11.6 Å². The molecule has 0 fully saturated rings. The van der Waals surface area contributed by atoms with Crippen molar-refractivity contribution in [1.29, 1.82) is 0 Å². The SMILES string of the molecule is CCCCCCCCCCCCCCCC(=O)OC[C@H](CO[P+]([O-])(O)OC[C@@H](O)CO)OC(=O)CCCCCCCCCCCNc1ccc([N+](=O)O)c2nonc12. The number of rotatable bonds is 38. The van der Waals surface area contributed by atoms with Crippen LogP contribution in [0.5, 0.6) is 0 Å². The minimum Gasteiger partial charge on any atom is -0.606 e. The van der Waals surface area contributed by atoms with Gasteiger partial charge in [-0.15, -0.1) is 0 Å². The highest BCUT2D eigenvalue weighted by Gasteiger charge is 2.32. The van der Waals surface area contributed by atoms with Gasteiger partial charge in [-0.3, -0.25) is 9.59 Å². The van der Waals surface area contributed by atoms with Crippen molar-refractivity contribution in [3.8, 4) is 0 Å². The van der Waals surface area contributed by atoms with Crippen LogP contribution in [0.1, 0.15) is 161 Å². The molecule has 332 valence electrons. The molecule has 58 heavy (non-hydrogen) atoms. The molecule has 0 amide bonds. The fourth-order valence-corrected chi connectivity index (χ4v) is 7.15. The number of benzene rings is 1. The highest BCUT2D eigenvalue weighted by Crippen LogP contribution is 2.47. The molecule has 1 heterocycles. The lowest BCUT2D eigenvalue weighted by Crippen LogP contribution is -2.32. The Balaban J connectivity index is 1.58. The van der Waals surface area contributed by atoms with Gasteiger partial charge in [0.1, 0.15) is 25.9 Å². The Labute approximate surface area is 343 Å². The van der Waals surface area contributed by atoms with E-state index in [0.717, 1.165) is 70.6 Å². The fourth-order valence-electron chi connectivity index (χ4n) is 6.36. The van der Waals surface area contributed by atoms with Gasteiger partial charge in [0, 0.05) is 25.5 Å². The van der Waals surface area contributed by atoms with Crippen molar-refractivity contribution in [2.24, 2.45) is 0 Å². The third-order valence-corrected chi connectivity index (χ3v) is 10.7. The minimum absolute atomic E-state index is 0.0378. The normalized spacial score (nSPS) is 13.6. The Bertz CT molecular complexity index is 1400. The van der Waals surface area contributed by atoms with Crippen LogP contribution in [0.25, 0.3) is 11.0 Å². The molecular weight excluding hydrogens is 775 g/mol. The number of phosphoric acid groups is 1. The molecule has 1 aromatic heterocycles. The van der Waals surface area contributed by atoms with Crippen molar-refractivity contribution < 1.29 is 62.9 Å². The summed E-state index contributed by atoms with van der Waals surface area (Å²) >= 11 is 0. The number of nitrogens with zero attached hydrogens (tertiary/aromatic N) is 3. The molecule has 0 saturated heterocycles. The van der Waals surface area contributed by atoms with Crippen molar-refractivity contribution in [3.63, 3.8) is 0 Å². The smallest absolute Gasteiger partial charge is 0.377 e. The van der Waals surface area contributed by atoms with E-state index in [-0.39, 0.29) is 35.6 Å². The van der Waals surface area contributed by atoms with Gasteiger partial charge in [-0.25, -0.2) is 9.84 Å². The highest BCUT2D eigenvalue weighted by molar-refractivity contribution is 7.52. The van der Waals surface area contributed by atoms with E-state index in [2.05, 4.69) is 27.1 Å². The van der Waals surface area contributed by atoms with Crippen LogP contribution in [-0.4, -0.2) is 92.7 Å². The number of aliphatic hydroxyl groups excluding tert-OH is 2. The van der Waals surface area contributed by atoms with Crippen molar-refractivity contribution in [1.82, 2.24) is 10.3 Å². The Hall–Kier alpha value is -3.05. The molecule has 0 spiro atoms. The summed E-state index contributed by atoms with van der Waals surface area (Å²) in [6.07, 6.45) is 21.9. The first-order chi connectivity index (χ1) is 28.1. The van der Waals surface area contributed by atoms with Crippen LogP contribution >= 0.6 is 8.17 Å². The average Bonchev–Trinajstić information content (AvgIpc) is 3.70. The van der Waals surface area contributed by atoms with Gasteiger partial charge in [-0.2, -0.15) is 13.9 Å². The van der Waals surface area contributed by atoms with Crippen molar-refractivity contribution in [2.45, 2.75) is 173 Å². The molecule has 0 bridgehead atoms. The molecule has 3 atom stereocenters. The van der Waals surface area contributed by atoms with Gasteiger partial charge in [0.05, 0.1) is 17.2 Å². The third kappa shape index (κ3) is 24.1. The molecule has 1 unspecified atom stereocenters. The lowest BCUT2D eigenvalue weighted by atomic mass is 10.0. The molecule has 5 N–H and O–H groups in total. The summed E-state index contributed by atoms with van der Waals surface area (Å²) in [6, 6.07) is 3.10. The minimum atomic E-state index is -4.65. The van der Waals surface area contributed by atoms with Gasteiger partial charge >= 0.3 is 25.8 Å². The molecule has 2 aromatic rings. The summed E-state index contributed by atoms with van der Waals surface area (Å²) in [5.41, 5.74) is 1.19. The van der Waals surface area contributed by atoms with Gasteiger partial charge in [-0.05, 0) is 35.6 Å². The summed E-state index contributed by atoms with van der Waals surface area (Å²) in [5.74, 6) is -0.998. The average molecular weight is 846 g/mol. The second-order valence-corrected chi connectivity index (χ2v) is 16.4. The number of esters is 2. The Kier molecular flexibility index (Phi) is 28.0. The molecule has 18 heteroatoms. The van der Waals surface area contributed by atoms with Crippen LogP contribution in [0.2, 0.25) is 0 Å². The number of ether oxygens (including phenoxy) is 2. The van der Waals surface area contributed by atoms with Gasteiger partial charge < -0.3 is 29.9 Å². The number of aromatic nitrogens is 2. The molecular formula is C40H70N4O13P+. The highest BCUT2D eigenvalue weighted by atomic mass is 31.2. The van der Waals surface area contributed by atoms with Gasteiger partial charge in [0.25, 0.3) is 4.92 Å². The Morgan fingerprint density at radius 2 is 1.26 bits per heavy atom. The third-order valence-electron chi connectivity index (χ3n) is 9.75. The van der Waals surface area contributed by atoms with E-state index < -0.39 is 52.1 Å². The first-order valence-corrected chi connectivity index (χ1v) is 23.0. The van der Waals surface area contributed by atoms with Crippen molar-refractivity contribution in [3.05, 3.63) is 17.0 Å². The van der Waals surface area contributed by atoms with Crippen molar-refractivity contribution >= 4 is 42.5 Å². The standard InChI is InChI=1S/C40H69N4O13P/c1-2-3-4-5-6-7-8-9-10-12-15-18-21-24-37(47)53-31-34(32-55-58(51,52)54-30-33(46)29-45)56-38(48)25-22-19-16-13-11-14-17-20-23-28-41-35-26-27-36(44(49)50)40-39(35)42-57-43-40/h26-27,33-34,45-46H,2-25,28-32H2,1H3,(H2-,41,43,49,50,51,52)/p+1/t33-,34+/m0/s1. The molecule has 1 aromatic carbocycles. The lowest BCUT2D eigenvalue weighted by Gasteiger charge is -2.23. The first-order valence-electron chi connectivity index (χ1n) is 21.5. The molecule has 0 aliphatic heterocycles. The zero-order valence-corrected chi connectivity index (χ0v) is 35.5. The number of anilines is 1. The summed E-state index contributed by atoms with van der Waals surface area (Å²) in [4.78, 5) is 58.3. The summed E-state index contributed by atoms with van der Waals surface area (Å²) in [7, 11) is -4.65. The summed E-state index contributed by atoms with van der Waals surface area (Å²) in [5, 5.41) is 38.3. The van der Waals surface area contributed by atoms with Crippen LogP contribution in [-0.2, 0) is 28.1 Å². The lowest BCUT2D eigenvalue weighted by molar-refractivity contribution is -0.728. The van der Waals surface area contributed by atoms with Crippen LogP contribution in [0.3, 0.4) is 0 Å². The molecule has 17 nitrogen and oxygen atoms in total. The molecule has 0 radical (unpaired) electrons. The second-order valence-electron chi connectivity index (χ2n) is 14.9. The van der Waals surface area contributed by atoms with E-state index in [1.807, 2.05) is 0 Å². The number of unbranched alkanes of at least 4 members (excludes halogenated alkanes) is 20. The molecule has 0 aliphatic carbocycles. The number of aliphatic hydroxyl groups is 2. The van der Waals surface area contributed by atoms with E-state index in [4.69, 9.17) is 23.7 Å². The van der Waals surface area contributed by atoms with E-state index in [1.54, 1.807) is 6.07 Å². The topological polar surface area (TPSA) is 246 Å². The first kappa shape index (κ1) is 51.1. The zero-order valence-electron chi connectivity index (χ0n) is 34.6. The van der Waals surface area contributed by atoms with E-state index in [0.29, 0.717) is 30.6 Å². The fraction of sp³-hybridized carbons (Fsp3) is 0.800. The molecule has 0 saturated carbocycles. The summed E-state index contributed by atoms with van der Waals surface area (Å²) < 4.78 is 25.2. The number of hydrogen-bond donors (Lipinski definition) is 5. The van der Waals surface area contributed by atoms with Crippen LogP contribution in [0.4, 0.5) is 11.4 Å². The maximum atomic E-state index is 12.6. The summed E-state index contributed by atoms with van der Waals surface area (Å²) in [6.45, 7) is 0.708. The van der Waals surface area contributed by atoms with Crippen LogP contribution in [0, 0.1) is 4.91 Å². The number of hydrogen-bond acceptors (Lipinski definition) is 15. The van der Waals surface area contributed by atoms with E-state index >= 15 is 0 Å².